The van der Waals surface area contributed by atoms with E-state index in [1.807, 2.05) is 5.38 Å². The van der Waals surface area contributed by atoms with E-state index >= 15 is 0 Å². The van der Waals surface area contributed by atoms with Gasteiger partial charge in [-0.1, -0.05) is 6.92 Å². The van der Waals surface area contributed by atoms with E-state index in [4.69, 9.17) is 0 Å². The predicted octanol–water partition coefficient (Wildman–Crippen LogP) is 1.39. The first-order valence-corrected chi connectivity index (χ1v) is 7.59. The fourth-order valence-corrected chi connectivity index (χ4v) is 3.10. The van der Waals surface area contributed by atoms with Crippen molar-refractivity contribution in [1.82, 2.24) is 9.88 Å². The van der Waals surface area contributed by atoms with Crippen LogP contribution in [0.1, 0.15) is 19.0 Å². The maximum Gasteiger partial charge on any atom is 0.311 e. The Morgan fingerprint density at radius 3 is 2.79 bits per heavy atom. The molecule has 0 amide bonds. The summed E-state index contributed by atoms with van der Waals surface area (Å²) in [6.45, 7) is 7.63. The number of esters is 1. The Kier molecular flexibility index (Phi) is 5.15. The van der Waals surface area contributed by atoms with Gasteiger partial charge in [0, 0.05) is 31.6 Å². The second kappa shape index (κ2) is 6.86. The van der Waals surface area contributed by atoms with Gasteiger partial charge in [0.15, 0.2) is 5.13 Å². The number of carbonyl (C=O) groups excluding carboxylic acids is 1. The molecule has 1 aromatic rings. The van der Waals surface area contributed by atoms with Crippen molar-refractivity contribution in [1.29, 1.82) is 0 Å². The second-order valence-corrected chi connectivity index (χ2v) is 5.54. The molecule has 19 heavy (non-hydrogen) atoms. The van der Waals surface area contributed by atoms with E-state index in [-0.39, 0.29) is 12.4 Å². The molecule has 0 atom stereocenters. The molecule has 1 aliphatic heterocycles. The summed E-state index contributed by atoms with van der Waals surface area (Å²) in [4.78, 5) is 20.5. The topological polar surface area (TPSA) is 45.7 Å². The molecular weight excluding hydrogens is 262 g/mol. The largest absolute Gasteiger partial charge is 0.469 e. The number of carbonyl (C=O) groups is 1. The van der Waals surface area contributed by atoms with Gasteiger partial charge in [-0.05, 0) is 13.0 Å². The zero-order chi connectivity index (χ0) is 13.7. The van der Waals surface area contributed by atoms with Crippen molar-refractivity contribution in [3.05, 3.63) is 11.1 Å². The van der Waals surface area contributed by atoms with Crippen LogP contribution in [-0.4, -0.2) is 55.7 Å². The molecule has 0 bridgehead atoms. The van der Waals surface area contributed by atoms with Crippen LogP contribution in [0.5, 0.6) is 0 Å². The molecule has 0 aromatic carbocycles. The number of aromatic nitrogens is 1. The predicted molar refractivity (Wildman–Crippen MR) is 76.8 cm³/mol. The third-order valence-electron chi connectivity index (χ3n) is 3.28. The van der Waals surface area contributed by atoms with E-state index < -0.39 is 0 Å². The Morgan fingerprint density at radius 1 is 1.42 bits per heavy atom. The summed E-state index contributed by atoms with van der Waals surface area (Å²) in [5.41, 5.74) is 0.808. The highest BCUT2D eigenvalue weighted by molar-refractivity contribution is 7.13. The molecule has 1 aromatic heterocycles. The van der Waals surface area contributed by atoms with E-state index in [1.165, 1.54) is 20.1 Å². The lowest BCUT2D eigenvalue weighted by atomic mass is 10.3. The molecule has 0 aliphatic carbocycles. The van der Waals surface area contributed by atoms with Gasteiger partial charge >= 0.3 is 5.97 Å². The molecule has 1 fully saturated rings. The molecule has 2 rings (SSSR count). The Morgan fingerprint density at radius 2 is 2.16 bits per heavy atom. The second-order valence-electron chi connectivity index (χ2n) is 4.70. The van der Waals surface area contributed by atoms with Gasteiger partial charge in [-0.15, -0.1) is 11.3 Å². The van der Waals surface area contributed by atoms with Crippen molar-refractivity contribution in [3.63, 3.8) is 0 Å². The molecule has 0 radical (unpaired) electrons. The first-order chi connectivity index (χ1) is 9.22. The Balaban J connectivity index is 1.88. The molecule has 0 saturated carbocycles. The summed E-state index contributed by atoms with van der Waals surface area (Å²) in [5, 5.41) is 2.97. The van der Waals surface area contributed by atoms with E-state index in [2.05, 4.69) is 26.4 Å². The number of piperazine rings is 1. The van der Waals surface area contributed by atoms with Crippen molar-refractivity contribution in [2.75, 3.05) is 44.7 Å². The van der Waals surface area contributed by atoms with E-state index in [0.717, 1.165) is 37.0 Å². The lowest BCUT2D eigenvalue weighted by Gasteiger charge is -2.34. The maximum atomic E-state index is 11.2. The number of methoxy groups -OCH3 is 1. The molecule has 0 N–H and O–H groups in total. The first-order valence-electron chi connectivity index (χ1n) is 6.71. The number of hydrogen-bond donors (Lipinski definition) is 0. The molecule has 1 aliphatic rings. The minimum atomic E-state index is -0.232. The average molecular weight is 283 g/mol. The maximum absolute atomic E-state index is 11.2. The minimum Gasteiger partial charge on any atom is -0.469 e. The van der Waals surface area contributed by atoms with Gasteiger partial charge in [0.05, 0.1) is 19.2 Å². The Bertz CT molecular complexity index is 414. The molecule has 2 heterocycles. The van der Waals surface area contributed by atoms with Crippen LogP contribution in [0.3, 0.4) is 0 Å². The van der Waals surface area contributed by atoms with Crippen molar-refractivity contribution in [2.45, 2.75) is 19.8 Å². The summed E-state index contributed by atoms with van der Waals surface area (Å²) in [6.07, 6.45) is 1.48. The number of hydrogen-bond acceptors (Lipinski definition) is 6. The Labute approximate surface area is 118 Å². The van der Waals surface area contributed by atoms with Gasteiger partial charge in [-0.25, -0.2) is 4.98 Å². The van der Waals surface area contributed by atoms with Crippen LogP contribution in [0.2, 0.25) is 0 Å². The highest BCUT2D eigenvalue weighted by Gasteiger charge is 2.19. The number of nitrogens with zero attached hydrogens (tertiary/aromatic N) is 3. The van der Waals surface area contributed by atoms with E-state index in [0.29, 0.717) is 0 Å². The molecule has 0 unspecified atom stereocenters. The van der Waals surface area contributed by atoms with Gasteiger partial charge < -0.3 is 9.64 Å². The van der Waals surface area contributed by atoms with Crippen LogP contribution in [-0.2, 0) is 16.0 Å². The van der Waals surface area contributed by atoms with Crippen molar-refractivity contribution in [2.24, 2.45) is 0 Å². The fraction of sp³-hybridized carbons (Fsp3) is 0.692. The number of rotatable bonds is 5. The minimum absolute atomic E-state index is 0.232. The highest BCUT2D eigenvalue weighted by Crippen LogP contribution is 2.22. The smallest absolute Gasteiger partial charge is 0.311 e. The van der Waals surface area contributed by atoms with E-state index in [9.17, 15) is 4.79 Å². The van der Waals surface area contributed by atoms with Crippen molar-refractivity contribution >= 4 is 22.4 Å². The Hall–Kier alpha value is -1.14. The molecule has 5 nitrogen and oxygen atoms in total. The lowest BCUT2D eigenvalue weighted by molar-refractivity contribution is -0.139. The molecule has 0 spiro atoms. The quantitative estimate of drug-likeness (QED) is 0.764. The summed E-state index contributed by atoms with van der Waals surface area (Å²) in [7, 11) is 1.41. The van der Waals surface area contributed by atoms with Crippen molar-refractivity contribution in [3.8, 4) is 0 Å². The fourth-order valence-electron chi connectivity index (χ4n) is 2.22. The van der Waals surface area contributed by atoms with Gasteiger partial charge in [0.1, 0.15) is 0 Å². The van der Waals surface area contributed by atoms with Crippen LogP contribution in [0.4, 0.5) is 5.13 Å². The zero-order valence-electron chi connectivity index (χ0n) is 11.6. The van der Waals surface area contributed by atoms with Crippen LogP contribution in [0, 0.1) is 0 Å². The molecular formula is C13H21N3O2S. The standard InChI is InChI=1S/C13H21N3O2S/c1-3-4-15-5-7-16(8-6-15)13-14-11(10-19-13)9-12(17)18-2/h10H,3-9H2,1-2H3. The summed E-state index contributed by atoms with van der Waals surface area (Å²) < 4.78 is 4.66. The van der Waals surface area contributed by atoms with Crippen LogP contribution >= 0.6 is 11.3 Å². The lowest BCUT2D eigenvalue weighted by Crippen LogP contribution is -2.46. The average Bonchev–Trinajstić information content (AvgIpc) is 2.88. The monoisotopic (exact) mass is 283 g/mol. The summed E-state index contributed by atoms with van der Waals surface area (Å²) >= 11 is 1.61. The highest BCUT2D eigenvalue weighted by atomic mass is 32.1. The van der Waals surface area contributed by atoms with Gasteiger partial charge in [0.2, 0.25) is 0 Å². The van der Waals surface area contributed by atoms with Gasteiger partial charge in [-0.3, -0.25) is 9.69 Å². The summed E-state index contributed by atoms with van der Waals surface area (Å²) in [6, 6.07) is 0. The number of thiazole rings is 1. The summed E-state index contributed by atoms with van der Waals surface area (Å²) in [5.74, 6) is -0.232. The van der Waals surface area contributed by atoms with Gasteiger partial charge in [-0.2, -0.15) is 0 Å². The third kappa shape index (κ3) is 3.91. The molecule has 6 heteroatoms. The van der Waals surface area contributed by atoms with E-state index in [1.54, 1.807) is 11.3 Å². The zero-order valence-corrected chi connectivity index (χ0v) is 12.4. The van der Waals surface area contributed by atoms with Crippen LogP contribution in [0.25, 0.3) is 0 Å². The molecule has 106 valence electrons. The number of anilines is 1. The SMILES string of the molecule is CCCN1CCN(c2nc(CC(=O)OC)cs2)CC1. The van der Waals surface area contributed by atoms with Gasteiger partial charge in [0.25, 0.3) is 0 Å². The normalized spacial score (nSPS) is 16.6. The number of ether oxygens (including phenoxy) is 1. The molecule has 1 saturated heterocycles. The first kappa shape index (κ1) is 14.3. The van der Waals surface area contributed by atoms with Crippen LogP contribution < -0.4 is 4.90 Å². The van der Waals surface area contributed by atoms with Crippen molar-refractivity contribution < 1.29 is 9.53 Å². The third-order valence-corrected chi connectivity index (χ3v) is 4.23. The van der Waals surface area contributed by atoms with Crippen LogP contribution in [0.15, 0.2) is 5.38 Å².